The summed E-state index contributed by atoms with van der Waals surface area (Å²) in [5.41, 5.74) is -0.350. The molecule has 0 spiro atoms. The van der Waals surface area contributed by atoms with E-state index >= 15 is 0 Å². The number of carbonyl (C=O) groups is 1. The molecule has 1 rings (SSSR count). The van der Waals surface area contributed by atoms with E-state index in [1.54, 1.807) is 0 Å². The molecule has 0 aliphatic rings. The molecule has 0 bridgehead atoms. The van der Waals surface area contributed by atoms with Crippen LogP contribution in [0.4, 0.5) is 5.69 Å². The lowest BCUT2D eigenvalue weighted by Gasteiger charge is -2.02. The van der Waals surface area contributed by atoms with Crippen molar-refractivity contribution in [1.29, 1.82) is 0 Å². The number of hydrogen-bond acceptors (Lipinski definition) is 3. The normalized spacial score (nSPS) is 9.86. The van der Waals surface area contributed by atoms with Crippen molar-refractivity contribution >= 4 is 27.6 Å². The van der Waals surface area contributed by atoms with E-state index < -0.39 is 10.9 Å². The van der Waals surface area contributed by atoms with Gasteiger partial charge in [0.2, 0.25) is 0 Å². The van der Waals surface area contributed by atoms with Crippen molar-refractivity contribution in [3.05, 3.63) is 37.8 Å². The average molecular weight is 260 g/mol. The summed E-state index contributed by atoms with van der Waals surface area (Å²) in [5.74, 6) is -1.30. The highest BCUT2D eigenvalue weighted by molar-refractivity contribution is 9.10. The van der Waals surface area contributed by atoms with Crippen molar-refractivity contribution in [2.45, 2.75) is 6.92 Å². The second kappa shape index (κ2) is 3.75. The van der Waals surface area contributed by atoms with E-state index in [1.807, 2.05) is 0 Å². The maximum Gasteiger partial charge on any atom is 0.342 e. The summed E-state index contributed by atoms with van der Waals surface area (Å²) < 4.78 is 0.522. The van der Waals surface area contributed by atoms with Crippen LogP contribution in [0.25, 0.3) is 0 Å². The van der Waals surface area contributed by atoms with Crippen LogP contribution in [-0.2, 0) is 0 Å². The van der Waals surface area contributed by atoms with Gasteiger partial charge in [-0.25, -0.2) is 4.79 Å². The molecule has 0 atom stereocenters. The number of hydrogen-bond donors (Lipinski definition) is 1. The van der Waals surface area contributed by atoms with Crippen LogP contribution >= 0.6 is 15.9 Å². The Morgan fingerprint density at radius 3 is 2.57 bits per heavy atom. The number of halogens is 1. The van der Waals surface area contributed by atoms with Gasteiger partial charge in [-0.2, -0.15) is 0 Å². The molecule has 6 heteroatoms. The van der Waals surface area contributed by atoms with E-state index in [4.69, 9.17) is 5.11 Å². The van der Waals surface area contributed by atoms with Gasteiger partial charge in [-0.15, -0.1) is 0 Å². The van der Waals surface area contributed by atoms with Crippen LogP contribution in [0.15, 0.2) is 16.6 Å². The Hall–Kier alpha value is -1.43. The van der Waals surface area contributed by atoms with Gasteiger partial charge >= 0.3 is 5.97 Å². The summed E-state index contributed by atoms with van der Waals surface area (Å²) in [6.07, 6.45) is 0. The molecule has 0 aliphatic heterocycles. The minimum Gasteiger partial charge on any atom is -0.477 e. The molecule has 0 aromatic heterocycles. The Kier molecular flexibility index (Phi) is 2.85. The fourth-order valence-electron chi connectivity index (χ4n) is 1.08. The van der Waals surface area contributed by atoms with Gasteiger partial charge < -0.3 is 5.11 Å². The summed E-state index contributed by atoms with van der Waals surface area (Å²) in [5, 5.41) is 19.3. The summed E-state index contributed by atoms with van der Waals surface area (Å²) in [6, 6.07) is 2.68. The van der Waals surface area contributed by atoms with Crippen molar-refractivity contribution in [3.63, 3.8) is 0 Å². The van der Waals surface area contributed by atoms with E-state index in [0.29, 0.717) is 10.0 Å². The lowest BCUT2D eigenvalue weighted by atomic mass is 10.1. The van der Waals surface area contributed by atoms with Crippen LogP contribution in [0.5, 0.6) is 0 Å². The number of nitro benzene ring substituents is 1. The second-order valence-corrected chi connectivity index (χ2v) is 3.49. The van der Waals surface area contributed by atoms with Crippen molar-refractivity contribution in [2.24, 2.45) is 0 Å². The molecule has 14 heavy (non-hydrogen) atoms. The summed E-state index contributed by atoms with van der Waals surface area (Å²) in [7, 11) is 0. The van der Waals surface area contributed by atoms with Crippen molar-refractivity contribution in [2.75, 3.05) is 0 Å². The van der Waals surface area contributed by atoms with Crippen molar-refractivity contribution in [1.82, 2.24) is 0 Å². The van der Waals surface area contributed by atoms with Gasteiger partial charge in [0, 0.05) is 10.0 Å². The zero-order chi connectivity index (χ0) is 10.9. The SMILES string of the molecule is Cc1c(Br)ccc(C(=O)O)c1[N+](=O)[O-]. The smallest absolute Gasteiger partial charge is 0.342 e. The third-order valence-electron chi connectivity index (χ3n) is 1.78. The predicted octanol–water partition coefficient (Wildman–Crippen LogP) is 2.36. The quantitative estimate of drug-likeness (QED) is 0.653. The van der Waals surface area contributed by atoms with Gasteiger partial charge in [-0.1, -0.05) is 15.9 Å². The maximum absolute atomic E-state index is 10.7. The number of carboxylic acids is 1. The Morgan fingerprint density at radius 1 is 1.57 bits per heavy atom. The first-order valence-electron chi connectivity index (χ1n) is 3.62. The van der Waals surface area contributed by atoms with E-state index in [-0.39, 0.29) is 11.3 Å². The standard InChI is InChI=1S/C8H6BrNO4/c1-4-6(9)3-2-5(8(11)12)7(4)10(13)14/h2-3H,1H3,(H,11,12). The van der Waals surface area contributed by atoms with E-state index in [1.165, 1.54) is 19.1 Å². The van der Waals surface area contributed by atoms with Gasteiger partial charge in [0.05, 0.1) is 4.92 Å². The number of rotatable bonds is 2. The van der Waals surface area contributed by atoms with E-state index in [0.717, 1.165) is 0 Å². The molecule has 0 heterocycles. The number of carboxylic acid groups (broad SMARTS) is 1. The largest absolute Gasteiger partial charge is 0.477 e. The second-order valence-electron chi connectivity index (χ2n) is 2.63. The Balaban J connectivity index is 3.53. The third-order valence-corrected chi connectivity index (χ3v) is 2.64. The molecular formula is C8H6BrNO4. The first-order valence-corrected chi connectivity index (χ1v) is 4.41. The van der Waals surface area contributed by atoms with E-state index in [9.17, 15) is 14.9 Å². The highest BCUT2D eigenvalue weighted by Crippen LogP contribution is 2.29. The molecule has 0 amide bonds. The van der Waals surface area contributed by atoms with Gasteiger partial charge in [0.15, 0.2) is 0 Å². The highest BCUT2D eigenvalue weighted by Gasteiger charge is 2.23. The molecule has 0 fully saturated rings. The number of benzene rings is 1. The molecule has 1 aromatic rings. The molecule has 0 saturated heterocycles. The fourth-order valence-corrected chi connectivity index (χ4v) is 1.40. The number of nitrogens with zero attached hydrogens (tertiary/aromatic N) is 1. The van der Waals surface area contributed by atoms with Crippen LogP contribution in [0.3, 0.4) is 0 Å². The predicted molar refractivity (Wildman–Crippen MR) is 52.5 cm³/mol. The average Bonchev–Trinajstić information content (AvgIpc) is 2.08. The summed E-state index contributed by atoms with van der Waals surface area (Å²) in [4.78, 5) is 20.6. The molecule has 0 unspecified atom stereocenters. The number of aromatic carboxylic acids is 1. The topological polar surface area (TPSA) is 80.4 Å². The third kappa shape index (κ3) is 1.74. The molecule has 0 saturated carbocycles. The Labute approximate surface area is 87.6 Å². The van der Waals surface area contributed by atoms with Crippen LogP contribution in [-0.4, -0.2) is 16.0 Å². The lowest BCUT2D eigenvalue weighted by molar-refractivity contribution is -0.385. The lowest BCUT2D eigenvalue weighted by Crippen LogP contribution is -2.04. The molecule has 1 N–H and O–H groups in total. The van der Waals surface area contributed by atoms with Gasteiger partial charge in [0.1, 0.15) is 5.56 Å². The first kappa shape index (κ1) is 10.6. The highest BCUT2D eigenvalue weighted by atomic mass is 79.9. The van der Waals surface area contributed by atoms with Crippen LogP contribution in [0, 0.1) is 17.0 Å². The van der Waals surface area contributed by atoms with Crippen molar-refractivity contribution < 1.29 is 14.8 Å². The number of nitro groups is 1. The zero-order valence-corrected chi connectivity index (χ0v) is 8.74. The molecular weight excluding hydrogens is 254 g/mol. The molecule has 74 valence electrons. The molecule has 1 aromatic carbocycles. The zero-order valence-electron chi connectivity index (χ0n) is 7.15. The molecule has 0 aliphatic carbocycles. The molecule has 5 nitrogen and oxygen atoms in total. The monoisotopic (exact) mass is 259 g/mol. The van der Waals surface area contributed by atoms with Gasteiger partial charge in [-0.3, -0.25) is 10.1 Å². The van der Waals surface area contributed by atoms with Gasteiger partial charge in [-0.05, 0) is 19.1 Å². The van der Waals surface area contributed by atoms with Crippen LogP contribution in [0.1, 0.15) is 15.9 Å². The van der Waals surface area contributed by atoms with Crippen LogP contribution < -0.4 is 0 Å². The Bertz CT molecular complexity index is 416. The molecule has 0 radical (unpaired) electrons. The minimum absolute atomic E-state index is 0.296. The summed E-state index contributed by atoms with van der Waals surface area (Å²) >= 11 is 3.10. The minimum atomic E-state index is -1.30. The van der Waals surface area contributed by atoms with E-state index in [2.05, 4.69) is 15.9 Å². The maximum atomic E-state index is 10.7. The first-order chi connectivity index (χ1) is 6.45. The van der Waals surface area contributed by atoms with Crippen LogP contribution in [0.2, 0.25) is 0 Å². The van der Waals surface area contributed by atoms with Gasteiger partial charge in [0.25, 0.3) is 5.69 Å². The Morgan fingerprint density at radius 2 is 2.14 bits per heavy atom. The summed E-state index contributed by atoms with van der Waals surface area (Å²) in [6.45, 7) is 1.49. The fraction of sp³-hybridized carbons (Fsp3) is 0.125. The van der Waals surface area contributed by atoms with Crippen molar-refractivity contribution in [3.8, 4) is 0 Å².